The Morgan fingerprint density at radius 3 is 2.81 bits per heavy atom. The number of aryl methyl sites for hydroxylation is 1. The van der Waals surface area contributed by atoms with Crippen molar-refractivity contribution >= 4 is 23.2 Å². The topological polar surface area (TPSA) is 62.7 Å². The molecule has 26 heavy (non-hydrogen) atoms. The third-order valence-corrected chi connectivity index (χ3v) is 5.62. The highest BCUT2D eigenvalue weighted by molar-refractivity contribution is 7.15. The van der Waals surface area contributed by atoms with Gasteiger partial charge in [-0.3, -0.25) is 9.59 Å². The lowest BCUT2D eigenvalue weighted by Crippen LogP contribution is -2.58. The van der Waals surface area contributed by atoms with Crippen molar-refractivity contribution < 1.29 is 14.3 Å². The lowest BCUT2D eigenvalue weighted by Gasteiger charge is -2.38. The molecule has 0 spiro atoms. The van der Waals surface area contributed by atoms with E-state index < -0.39 is 6.04 Å². The van der Waals surface area contributed by atoms with E-state index in [0.29, 0.717) is 19.7 Å². The number of rotatable bonds is 6. The molecule has 2 heterocycles. The monoisotopic (exact) mass is 373 g/mol. The van der Waals surface area contributed by atoms with E-state index in [1.807, 2.05) is 18.2 Å². The molecule has 1 saturated heterocycles. The van der Waals surface area contributed by atoms with Crippen LogP contribution in [0.1, 0.15) is 17.4 Å². The van der Waals surface area contributed by atoms with Gasteiger partial charge in [0.15, 0.2) is 0 Å². The van der Waals surface area contributed by atoms with Gasteiger partial charge in [0.25, 0.3) is 0 Å². The summed E-state index contributed by atoms with van der Waals surface area (Å²) >= 11 is 1.56. The smallest absolute Gasteiger partial charge is 0.245 e. The highest BCUT2D eigenvalue weighted by atomic mass is 32.1. The van der Waals surface area contributed by atoms with E-state index in [0.717, 1.165) is 15.4 Å². The van der Waals surface area contributed by atoms with Gasteiger partial charge in [0.1, 0.15) is 11.0 Å². The lowest BCUT2D eigenvalue weighted by atomic mass is 10.1. The molecule has 1 aromatic heterocycles. The van der Waals surface area contributed by atoms with Crippen molar-refractivity contribution in [1.29, 1.82) is 0 Å². The number of methoxy groups -OCH3 is 1. The quantitative estimate of drug-likeness (QED) is 0.780. The molecular weight excluding hydrogens is 350 g/mol. The molecule has 0 saturated carbocycles. The number of benzene rings is 1. The number of carbonyl (C=O) groups is 2. The number of amides is 2. The molecule has 1 aliphatic heterocycles. The number of hydrogen-bond acceptors (Lipinski definition) is 5. The minimum atomic E-state index is -0.475. The molecule has 1 atom stereocenters. The minimum absolute atomic E-state index is 0.0368. The summed E-state index contributed by atoms with van der Waals surface area (Å²) in [7, 11) is 1.59. The van der Waals surface area contributed by atoms with E-state index in [2.05, 4.69) is 18.0 Å². The van der Waals surface area contributed by atoms with Crippen molar-refractivity contribution in [2.75, 3.05) is 26.8 Å². The van der Waals surface area contributed by atoms with E-state index in [1.54, 1.807) is 41.4 Å². The van der Waals surface area contributed by atoms with Crippen molar-refractivity contribution in [3.63, 3.8) is 0 Å². The summed E-state index contributed by atoms with van der Waals surface area (Å²) in [5.41, 5.74) is 2.27. The first-order valence-electron chi connectivity index (χ1n) is 8.59. The SMILES string of the molecule is COCCN1CC(=O)N(Cc2cnc(-c3ccccc3C)s2)[C@@H](C)C1=O. The summed E-state index contributed by atoms with van der Waals surface area (Å²) in [5.74, 6) is -0.0793. The average molecular weight is 373 g/mol. The maximum atomic E-state index is 12.5. The van der Waals surface area contributed by atoms with E-state index in [9.17, 15) is 9.59 Å². The second-order valence-corrected chi connectivity index (χ2v) is 7.51. The normalized spacial score (nSPS) is 17.9. The van der Waals surface area contributed by atoms with Crippen LogP contribution in [0, 0.1) is 6.92 Å². The number of hydrogen-bond donors (Lipinski definition) is 0. The highest BCUT2D eigenvalue weighted by Crippen LogP contribution is 2.29. The van der Waals surface area contributed by atoms with Gasteiger partial charge in [-0.05, 0) is 19.4 Å². The van der Waals surface area contributed by atoms with Crippen molar-refractivity contribution in [2.24, 2.45) is 0 Å². The van der Waals surface area contributed by atoms with Gasteiger partial charge in [-0.1, -0.05) is 24.3 Å². The fourth-order valence-corrected chi connectivity index (χ4v) is 4.05. The Labute approximate surface area is 157 Å². The molecule has 0 aliphatic carbocycles. The summed E-state index contributed by atoms with van der Waals surface area (Å²) in [6, 6.07) is 7.62. The lowest BCUT2D eigenvalue weighted by molar-refractivity contribution is -0.156. The maximum Gasteiger partial charge on any atom is 0.245 e. The fraction of sp³-hybridized carbons (Fsp3) is 0.421. The highest BCUT2D eigenvalue weighted by Gasteiger charge is 2.36. The van der Waals surface area contributed by atoms with Crippen molar-refractivity contribution in [2.45, 2.75) is 26.4 Å². The zero-order chi connectivity index (χ0) is 18.7. The number of nitrogens with zero attached hydrogens (tertiary/aromatic N) is 3. The van der Waals surface area contributed by atoms with Crippen molar-refractivity contribution in [3.8, 4) is 10.6 Å². The van der Waals surface area contributed by atoms with E-state index >= 15 is 0 Å². The van der Waals surface area contributed by atoms with Gasteiger partial charge in [0, 0.05) is 30.3 Å². The molecule has 3 rings (SSSR count). The van der Waals surface area contributed by atoms with Crippen molar-refractivity contribution in [1.82, 2.24) is 14.8 Å². The van der Waals surface area contributed by atoms with Crippen molar-refractivity contribution in [3.05, 3.63) is 40.9 Å². The number of aromatic nitrogens is 1. The van der Waals surface area contributed by atoms with Crippen LogP contribution in [0.2, 0.25) is 0 Å². The Balaban J connectivity index is 1.72. The number of piperazine rings is 1. The largest absolute Gasteiger partial charge is 0.383 e. The van der Waals surface area contributed by atoms with E-state index in [-0.39, 0.29) is 18.4 Å². The van der Waals surface area contributed by atoms with Crippen LogP contribution in [-0.4, -0.2) is 59.4 Å². The van der Waals surface area contributed by atoms with Crippen LogP contribution < -0.4 is 0 Å². The summed E-state index contributed by atoms with van der Waals surface area (Å²) in [4.78, 5) is 33.7. The number of thiazole rings is 1. The van der Waals surface area contributed by atoms with Crippen LogP contribution in [0.25, 0.3) is 10.6 Å². The van der Waals surface area contributed by atoms with Gasteiger partial charge in [0.05, 0.1) is 19.7 Å². The van der Waals surface area contributed by atoms with Gasteiger partial charge in [-0.15, -0.1) is 11.3 Å². The molecule has 138 valence electrons. The molecule has 0 bridgehead atoms. The first-order valence-corrected chi connectivity index (χ1v) is 9.40. The van der Waals surface area contributed by atoms with Gasteiger partial charge < -0.3 is 14.5 Å². The minimum Gasteiger partial charge on any atom is -0.383 e. The van der Waals surface area contributed by atoms with Crippen LogP contribution in [0.4, 0.5) is 0 Å². The molecule has 1 aromatic carbocycles. The van der Waals surface area contributed by atoms with Gasteiger partial charge in [0.2, 0.25) is 11.8 Å². The molecule has 0 radical (unpaired) electrons. The predicted molar refractivity (Wildman–Crippen MR) is 101 cm³/mol. The Bertz CT molecular complexity index is 805. The Hall–Kier alpha value is -2.25. The zero-order valence-corrected chi connectivity index (χ0v) is 16.1. The average Bonchev–Trinajstić information content (AvgIpc) is 3.09. The molecule has 0 N–H and O–H groups in total. The van der Waals surface area contributed by atoms with Crippen LogP contribution in [0.15, 0.2) is 30.5 Å². The second kappa shape index (κ2) is 7.97. The summed E-state index contributed by atoms with van der Waals surface area (Å²) < 4.78 is 5.01. The predicted octanol–water partition coefficient (Wildman–Crippen LogP) is 2.32. The molecular formula is C19H23N3O3S. The third kappa shape index (κ3) is 3.78. The molecule has 1 aliphatic rings. The molecule has 2 amide bonds. The standard InChI is InChI=1S/C19H23N3O3S/c1-13-6-4-5-7-16(13)18-20-10-15(26-18)11-22-14(2)19(24)21(8-9-25-3)12-17(22)23/h4-7,10,14H,8-9,11-12H2,1-3H3/t14-/m0/s1. The van der Waals surface area contributed by atoms with Gasteiger partial charge in [-0.2, -0.15) is 0 Å². The third-order valence-electron chi connectivity index (χ3n) is 4.60. The fourth-order valence-electron chi connectivity index (χ4n) is 3.05. The summed E-state index contributed by atoms with van der Waals surface area (Å²) in [6.45, 7) is 5.23. The Kier molecular flexibility index (Phi) is 5.68. The number of carbonyl (C=O) groups excluding carboxylic acids is 2. The molecule has 1 fully saturated rings. The summed E-state index contributed by atoms with van der Waals surface area (Å²) in [6.07, 6.45) is 1.80. The Morgan fingerprint density at radius 1 is 1.31 bits per heavy atom. The second-order valence-electron chi connectivity index (χ2n) is 6.40. The van der Waals surface area contributed by atoms with Crippen LogP contribution in [-0.2, 0) is 20.9 Å². The molecule has 7 heteroatoms. The first-order chi connectivity index (χ1) is 12.5. The number of ether oxygens (including phenoxy) is 1. The zero-order valence-electron chi connectivity index (χ0n) is 15.3. The van der Waals surface area contributed by atoms with Gasteiger partial charge in [-0.25, -0.2) is 4.98 Å². The molecule has 6 nitrogen and oxygen atoms in total. The maximum absolute atomic E-state index is 12.5. The van der Waals surface area contributed by atoms with E-state index in [1.165, 1.54) is 5.56 Å². The van der Waals surface area contributed by atoms with E-state index in [4.69, 9.17) is 4.74 Å². The van der Waals surface area contributed by atoms with Crippen LogP contribution >= 0.6 is 11.3 Å². The van der Waals surface area contributed by atoms with Gasteiger partial charge >= 0.3 is 0 Å². The first kappa shape index (κ1) is 18.5. The molecule has 0 unspecified atom stereocenters. The molecule has 2 aromatic rings. The van der Waals surface area contributed by atoms with Crippen LogP contribution in [0.3, 0.4) is 0 Å². The summed E-state index contributed by atoms with van der Waals surface area (Å²) in [5, 5.41) is 0.934. The van der Waals surface area contributed by atoms with Crippen LogP contribution in [0.5, 0.6) is 0 Å². The Morgan fingerprint density at radius 2 is 2.08 bits per heavy atom.